The van der Waals surface area contributed by atoms with Gasteiger partial charge < -0.3 is 5.11 Å². The summed E-state index contributed by atoms with van der Waals surface area (Å²) >= 11 is 12.7. The molecule has 19 heavy (non-hydrogen) atoms. The molecule has 0 bridgehead atoms. The molecule has 2 aromatic carbocycles. The fourth-order valence-corrected chi connectivity index (χ4v) is 3.38. The van der Waals surface area contributed by atoms with Gasteiger partial charge in [0, 0.05) is 19.5 Å². The molecule has 0 aliphatic carbocycles. The van der Waals surface area contributed by atoms with E-state index in [4.69, 9.17) is 11.6 Å². The Labute approximate surface area is 132 Å². The molecular formula is C14H10Br2ClFO. The van der Waals surface area contributed by atoms with Crippen LogP contribution in [0.2, 0.25) is 5.02 Å². The fraction of sp³-hybridized carbons (Fsp3) is 0.143. The van der Waals surface area contributed by atoms with Gasteiger partial charge in [0.1, 0.15) is 11.9 Å². The van der Waals surface area contributed by atoms with Crippen molar-refractivity contribution in [3.8, 4) is 0 Å². The van der Waals surface area contributed by atoms with Gasteiger partial charge >= 0.3 is 0 Å². The Morgan fingerprint density at radius 2 is 1.68 bits per heavy atom. The quantitative estimate of drug-likeness (QED) is 0.706. The summed E-state index contributed by atoms with van der Waals surface area (Å²) in [5.74, 6) is -0.378. The molecule has 0 aliphatic rings. The summed E-state index contributed by atoms with van der Waals surface area (Å²) in [7, 11) is 0. The molecular weight excluding hydrogens is 398 g/mol. The molecule has 2 aromatic rings. The van der Waals surface area contributed by atoms with Crippen molar-refractivity contribution < 1.29 is 9.50 Å². The van der Waals surface area contributed by atoms with E-state index in [9.17, 15) is 9.50 Å². The normalized spacial score (nSPS) is 12.5. The van der Waals surface area contributed by atoms with Crippen molar-refractivity contribution in [2.75, 3.05) is 0 Å². The second kappa shape index (κ2) is 5.92. The first-order valence-electron chi connectivity index (χ1n) is 5.48. The number of aliphatic hydroxyl groups excluding tert-OH is 1. The van der Waals surface area contributed by atoms with Crippen LogP contribution in [-0.4, -0.2) is 5.11 Å². The zero-order chi connectivity index (χ0) is 14.2. The zero-order valence-electron chi connectivity index (χ0n) is 9.92. The maximum absolute atomic E-state index is 13.4. The van der Waals surface area contributed by atoms with Crippen molar-refractivity contribution in [3.05, 3.63) is 66.8 Å². The van der Waals surface area contributed by atoms with Gasteiger partial charge in [0.25, 0.3) is 0 Å². The van der Waals surface area contributed by atoms with Gasteiger partial charge in [0.2, 0.25) is 0 Å². The third-order valence-corrected chi connectivity index (χ3v) is 4.02. The third kappa shape index (κ3) is 3.37. The Morgan fingerprint density at radius 1 is 1.11 bits per heavy atom. The molecule has 1 unspecified atom stereocenters. The van der Waals surface area contributed by atoms with E-state index in [1.165, 1.54) is 6.07 Å². The van der Waals surface area contributed by atoms with E-state index in [0.29, 0.717) is 16.7 Å². The number of aliphatic hydroxyl groups is 1. The largest absolute Gasteiger partial charge is 0.384 e. The lowest BCUT2D eigenvalue weighted by Gasteiger charge is -2.15. The van der Waals surface area contributed by atoms with Crippen molar-refractivity contribution in [1.29, 1.82) is 0 Å². The maximum Gasteiger partial charge on any atom is 0.127 e. The van der Waals surface area contributed by atoms with Gasteiger partial charge in [0.15, 0.2) is 0 Å². The minimum Gasteiger partial charge on any atom is -0.384 e. The van der Waals surface area contributed by atoms with E-state index in [0.717, 1.165) is 8.95 Å². The van der Waals surface area contributed by atoms with Crippen LogP contribution in [-0.2, 0) is 0 Å². The fourth-order valence-electron chi connectivity index (χ4n) is 1.80. The van der Waals surface area contributed by atoms with E-state index in [-0.39, 0.29) is 10.8 Å². The van der Waals surface area contributed by atoms with Crippen molar-refractivity contribution in [2.24, 2.45) is 0 Å². The molecule has 1 N–H and O–H groups in total. The van der Waals surface area contributed by atoms with Crippen LogP contribution in [0, 0.1) is 12.7 Å². The summed E-state index contributed by atoms with van der Waals surface area (Å²) < 4.78 is 15.1. The number of rotatable bonds is 2. The molecule has 0 saturated carbocycles. The molecule has 1 atom stereocenters. The Kier molecular flexibility index (Phi) is 4.66. The first-order chi connectivity index (χ1) is 8.88. The third-order valence-electron chi connectivity index (χ3n) is 2.77. The van der Waals surface area contributed by atoms with E-state index in [1.807, 2.05) is 6.07 Å². The van der Waals surface area contributed by atoms with Crippen molar-refractivity contribution in [1.82, 2.24) is 0 Å². The van der Waals surface area contributed by atoms with Crippen molar-refractivity contribution in [2.45, 2.75) is 13.0 Å². The molecule has 2 rings (SSSR count). The summed E-state index contributed by atoms with van der Waals surface area (Å²) in [6.45, 7) is 1.64. The highest BCUT2D eigenvalue weighted by molar-refractivity contribution is 9.11. The highest BCUT2D eigenvalue weighted by atomic mass is 79.9. The predicted octanol–water partition coefficient (Wildman–Crippen LogP) is 5.39. The van der Waals surface area contributed by atoms with Crippen molar-refractivity contribution >= 4 is 43.5 Å². The molecule has 5 heteroatoms. The molecule has 0 amide bonds. The average Bonchev–Trinajstić information content (AvgIpc) is 2.31. The van der Waals surface area contributed by atoms with Gasteiger partial charge in [-0.15, -0.1) is 0 Å². The standard InChI is InChI=1S/C14H10Br2ClFO/c1-7-2-11(12(17)6-13(7)18)14(19)8-3-9(15)5-10(16)4-8/h2-6,14,19H,1H3. The number of hydrogen-bond acceptors (Lipinski definition) is 1. The number of hydrogen-bond donors (Lipinski definition) is 1. The SMILES string of the molecule is Cc1cc(C(O)c2cc(Br)cc(Br)c2)c(Cl)cc1F. The number of benzene rings is 2. The summed E-state index contributed by atoms with van der Waals surface area (Å²) in [6, 6.07) is 8.25. The summed E-state index contributed by atoms with van der Waals surface area (Å²) in [5.41, 5.74) is 1.62. The van der Waals surface area contributed by atoms with Crippen LogP contribution in [0.5, 0.6) is 0 Å². The molecule has 0 heterocycles. The van der Waals surface area contributed by atoms with Crippen LogP contribution in [0.1, 0.15) is 22.8 Å². The molecule has 0 aliphatic heterocycles. The number of halogens is 4. The minimum absolute atomic E-state index is 0.215. The van der Waals surface area contributed by atoms with Crippen LogP contribution < -0.4 is 0 Å². The number of aryl methyl sites for hydroxylation is 1. The van der Waals surface area contributed by atoms with Gasteiger partial charge in [-0.1, -0.05) is 43.5 Å². The zero-order valence-corrected chi connectivity index (χ0v) is 13.9. The topological polar surface area (TPSA) is 20.2 Å². The highest BCUT2D eigenvalue weighted by Crippen LogP contribution is 2.33. The lowest BCUT2D eigenvalue weighted by Crippen LogP contribution is -2.02. The van der Waals surface area contributed by atoms with Crippen LogP contribution in [0.4, 0.5) is 4.39 Å². The first kappa shape index (κ1) is 15.0. The van der Waals surface area contributed by atoms with Crippen LogP contribution >= 0.6 is 43.5 Å². The Bertz CT molecular complexity index is 611. The van der Waals surface area contributed by atoms with Crippen molar-refractivity contribution in [3.63, 3.8) is 0 Å². The second-order valence-electron chi connectivity index (χ2n) is 4.23. The Hall–Kier alpha value is -0.420. The molecule has 0 fully saturated rings. The summed E-state index contributed by atoms with van der Waals surface area (Å²) in [4.78, 5) is 0. The summed E-state index contributed by atoms with van der Waals surface area (Å²) in [5, 5.41) is 10.6. The molecule has 0 aromatic heterocycles. The van der Waals surface area contributed by atoms with Crippen LogP contribution in [0.3, 0.4) is 0 Å². The smallest absolute Gasteiger partial charge is 0.127 e. The first-order valence-corrected chi connectivity index (χ1v) is 7.44. The minimum atomic E-state index is -0.902. The monoisotopic (exact) mass is 406 g/mol. The van der Waals surface area contributed by atoms with E-state index < -0.39 is 6.10 Å². The Morgan fingerprint density at radius 3 is 2.26 bits per heavy atom. The second-order valence-corrected chi connectivity index (χ2v) is 6.47. The van der Waals surface area contributed by atoms with Gasteiger partial charge in [0.05, 0.1) is 0 Å². The van der Waals surface area contributed by atoms with Crippen LogP contribution in [0.25, 0.3) is 0 Å². The molecule has 0 spiro atoms. The van der Waals surface area contributed by atoms with Gasteiger partial charge in [-0.3, -0.25) is 0 Å². The van der Waals surface area contributed by atoms with Gasteiger partial charge in [-0.05, 0) is 48.4 Å². The molecule has 0 radical (unpaired) electrons. The van der Waals surface area contributed by atoms with E-state index >= 15 is 0 Å². The van der Waals surface area contributed by atoms with Gasteiger partial charge in [-0.2, -0.15) is 0 Å². The average molecular weight is 408 g/mol. The van der Waals surface area contributed by atoms with Gasteiger partial charge in [-0.25, -0.2) is 4.39 Å². The Balaban J connectivity index is 2.49. The van der Waals surface area contributed by atoms with E-state index in [2.05, 4.69) is 31.9 Å². The molecule has 0 saturated heterocycles. The lowest BCUT2D eigenvalue weighted by atomic mass is 10.00. The van der Waals surface area contributed by atoms with Crippen LogP contribution in [0.15, 0.2) is 39.3 Å². The predicted molar refractivity (Wildman–Crippen MR) is 82.1 cm³/mol. The summed E-state index contributed by atoms with van der Waals surface area (Å²) in [6.07, 6.45) is -0.902. The molecule has 1 nitrogen and oxygen atoms in total. The maximum atomic E-state index is 13.4. The lowest BCUT2D eigenvalue weighted by molar-refractivity contribution is 0.220. The molecule has 100 valence electrons. The van der Waals surface area contributed by atoms with E-state index in [1.54, 1.807) is 25.1 Å². The highest BCUT2D eigenvalue weighted by Gasteiger charge is 2.17.